The van der Waals surface area contributed by atoms with Crippen molar-refractivity contribution in [3.8, 4) is 0 Å². The molecule has 0 saturated heterocycles. The van der Waals surface area contributed by atoms with Crippen LogP contribution in [0.3, 0.4) is 0 Å². The van der Waals surface area contributed by atoms with Gasteiger partial charge in [0.1, 0.15) is 0 Å². The molecule has 0 aromatic rings. The molecule has 0 fully saturated rings. The first-order valence-electron chi connectivity index (χ1n) is 9.61. The van der Waals surface area contributed by atoms with Gasteiger partial charge in [0.2, 0.25) is 0 Å². The predicted molar refractivity (Wildman–Crippen MR) is 114 cm³/mol. The van der Waals surface area contributed by atoms with Gasteiger partial charge in [0.15, 0.2) is 5.25 Å². The summed E-state index contributed by atoms with van der Waals surface area (Å²) in [6.45, 7) is 4.42. The zero-order valence-corrected chi connectivity index (χ0v) is 16.9. The SMILES string of the molecule is CCCCCCCCOC(=O)C(CC(=O)OCCCCCC)S(=O)(=O)O.[NaH].[NaH]. The van der Waals surface area contributed by atoms with Crippen molar-refractivity contribution in [2.75, 3.05) is 13.2 Å². The average molecular weight is 443 g/mol. The predicted octanol–water partition coefficient (Wildman–Crippen LogP) is 2.36. The molecule has 0 aliphatic carbocycles. The Morgan fingerprint density at radius 3 is 1.71 bits per heavy atom. The molecule has 10 heteroatoms. The first kappa shape index (κ1) is 33.5. The van der Waals surface area contributed by atoms with Gasteiger partial charge in [0.25, 0.3) is 10.1 Å². The molecule has 1 atom stereocenters. The summed E-state index contributed by atoms with van der Waals surface area (Å²) < 4.78 is 41.8. The van der Waals surface area contributed by atoms with Crippen molar-refractivity contribution in [2.45, 2.75) is 89.7 Å². The van der Waals surface area contributed by atoms with E-state index in [0.717, 1.165) is 51.4 Å². The number of hydrogen-bond acceptors (Lipinski definition) is 6. The molecule has 28 heavy (non-hydrogen) atoms. The molecule has 0 aliphatic heterocycles. The Balaban J connectivity index is -0.00000312. The second kappa shape index (κ2) is 21.1. The molecule has 0 radical (unpaired) electrons. The molecular formula is C18H36Na2O7S. The second-order valence-corrected chi connectivity index (χ2v) is 8.02. The van der Waals surface area contributed by atoms with Gasteiger partial charge in [-0.05, 0) is 12.8 Å². The van der Waals surface area contributed by atoms with Crippen LogP contribution in [0.25, 0.3) is 0 Å². The Kier molecular flexibility index (Phi) is 25.2. The van der Waals surface area contributed by atoms with E-state index in [1.54, 1.807) is 0 Å². The molecule has 0 aromatic carbocycles. The zero-order valence-electron chi connectivity index (χ0n) is 16.1. The van der Waals surface area contributed by atoms with Crippen molar-refractivity contribution in [1.29, 1.82) is 0 Å². The molecule has 0 spiro atoms. The van der Waals surface area contributed by atoms with Crippen LogP contribution in [0.5, 0.6) is 0 Å². The maximum absolute atomic E-state index is 11.9. The first-order chi connectivity index (χ1) is 12.3. The molecule has 158 valence electrons. The quantitative estimate of drug-likeness (QED) is 0.169. The topological polar surface area (TPSA) is 107 Å². The van der Waals surface area contributed by atoms with E-state index in [1.807, 2.05) is 0 Å². The maximum atomic E-state index is 11.9. The van der Waals surface area contributed by atoms with Crippen molar-refractivity contribution < 1.29 is 32.0 Å². The molecule has 1 N–H and O–H groups in total. The second-order valence-electron chi connectivity index (χ2n) is 6.42. The fourth-order valence-corrected chi connectivity index (χ4v) is 3.04. The monoisotopic (exact) mass is 442 g/mol. The number of rotatable bonds is 16. The molecule has 0 aliphatic rings. The van der Waals surface area contributed by atoms with Crippen LogP contribution in [0.4, 0.5) is 0 Å². The third-order valence-electron chi connectivity index (χ3n) is 3.98. The molecule has 0 amide bonds. The summed E-state index contributed by atoms with van der Waals surface area (Å²) in [6.07, 6.45) is 8.86. The first-order valence-corrected chi connectivity index (χ1v) is 11.1. The molecule has 0 aromatic heterocycles. The number of carbonyl (C=O) groups excluding carboxylic acids is 2. The summed E-state index contributed by atoms with van der Waals surface area (Å²) in [5, 5.41) is -1.93. The molecular weight excluding hydrogens is 406 g/mol. The van der Waals surface area contributed by atoms with Gasteiger partial charge in [-0.15, -0.1) is 0 Å². The van der Waals surface area contributed by atoms with Crippen molar-refractivity contribution in [2.24, 2.45) is 0 Å². The van der Waals surface area contributed by atoms with Crippen molar-refractivity contribution in [3.05, 3.63) is 0 Å². The molecule has 0 saturated carbocycles. The van der Waals surface area contributed by atoms with E-state index in [1.165, 1.54) is 0 Å². The Morgan fingerprint density at radius 2 is 1.21 bits per heavy atom. The van der Waals surface area contributed by atoms with E-state index in [0.29, 0.717) is 12.8 Å². The van der Waals surface area contributed by atoms with Gasteiger partial charge in [-0.3, -0.25) is 14.1 Å². The number of ether oxygens (including phenoxy) is 2. The van der Waals surface area contributed by atoms with Crippen LogP contribution in [0, 0.1) is 0 Å². The summed E-state index contributed by atoms with van der Waals surface area (Å²) in [7, 11) is -4.73. The van der Waals surface area contributed by atoms with Gasteiger partial charge in [0, 0.05) is 0 Å². The summed E-state index contributed by atoms with van der Waals surface area (Å²) in [5.74, 6) is -1.94. The summed E-state index contributed by atoms with van der Waals surface area (Å²) in [4.78, 5) is 23.6. The van der Waals surface area contributed by atoms with E-state index in [-0.39, 0.29) is 72.3 Å². The Labute approximate surface area is 214 Å². The van der Waals surface area contributed by atoms with E-state index in [2.05, 4.69) is 13.8 Å². The molecule has 0 heterocycles. The van der Waals surface area contributed by atoms with Crippen LogP contribution < -0.4 is 0 Å². The zero-order chi connectivity index (χ0) is 19.8. The van der Waals surface area contributed by atoms with Crippen LogP contribution in [0.1, 0.15) is 84.5 Å². The van der Waals surface area contributed by atoms with Crippen LogP contribution in [0.2, 0.25) is 0 Å². The summed E-state index contributed by atoms with van der Waals surface area (Å²) in [5.41, 5.74) is 0. The number of unbranched alkanes of at least 4 members (excludes halogenated alkanes) is 8. The standard InChI is InChI=1S/C18H34O7S.2Na.2H/c1-3-5-7-9-10-12-14-25-18(20)16(26(21,22)23)15-17(19)24-13-11-8-6-4-2;;;;/h16H,3-15H2,1-2H3,(H,21,22,23);;;;. The normalized spacial score (nSPS) is 11.7. The molecule has 1 unspecified atom stereocenters. The molecule has 0 bridgehead atoms. The van der Waals surface area contributed by atoms with Crippen molar-refractivity contribution in [1.82, 2.24) is 0 Å². The van der Waals surface area contributed by atoms with E-state index in [9.17, 15) is 22.6 Å². The van der Waals surface area contributed by atoms with E-state index in [4.69, 9.17) is 9.47 Å². The summed E-state index contributed by atoms with van der Waals surface area (Å²) in [6, 6.07) is 0. The van der Waals surface area contributed by atoms with Gasteiger partial charge in [0.05, 0.1) is 19.6 Å². The van der Waals surface area contributed by atoms with E-state index < -0.39 is 33.7 Å². The van der Waals surface area contributed by atoms with Crippen LogP contribution in [-0.4, -0.2) is 102 Å². The number of esters is 2. The van der Waals surface area contributed by atoms with E-state index >= 15 is 0 Å². The summed E-state index contributed by atoms with van der Waals surface area (Å²) >= 11 is 0. The van der Waals surface area contributed by atoms with Gasteiger partial charge < -0.3 is 9.47 Å². The Morgan fingerprint density at radius 1 is 0.786 bits per heavy atom. The average Bonchev–Trinajstić information content (AvgIpc) is 2.57. The van der Waals surface area contributed by atoms with Crippen molar-refractivity contribution >= 4 is 81.2 Å². The van der Waals surface area contributed by atoms with Gasteiger partial charge in [-0.1, -0.05) is 65.2 Å². The fourth-order valence-electron chi connectivity index (χ4n) is 2.38. The minimum atomic E-state index is -4.73. The Hall–Kier alpha value is 0.850. The Bertz CT molecular complexity index is 498. The fraction of sp³-hybridized carbons (Fsp3) is 0.889. The van der Waals surface area contributed by atoms with Crippen LogP contribution in [-0.2, 0) is 29.2 Å². The van der Waals surface area contributed by atoms with Gasteiger partial charge in [-0.25, -0.2) is 0 Å². The minimum absolute atomic E-state index is 0. The third kappa shape index (κ3) is 18.9. The number of hydrogen-bond donors (Lipinski definition) is 1. The molecule has 0 rings (SSSR count). The van der Waals surface area contributed by atoms with Gasteiger partial charge in [-0.2, -0.15) is 8.42 Å². The van der Waals surface area contributed by atoms with Gasteiger partial charge >= 0.3 is 71.1 Å². The van der Waals surface area contributed by atoms with Crippen molar-refractivity contribution in [3.63, 3.8) is 0 Å². The third-order valence-corrected chi connectivity index (χ3v) is 5.06. The number of carbonyl (C=O) groups is 2. The van der Waals surface area contributed by atoms with Crippen LogP contribution >= 0.6 is 0 Å². The van der Waals surface area contributed by atoms with Crippen LogP contribution in [0.15, 0.2) is 0 Å². The molecule has 7 nitrogen and oxygen atoms in total.